The molecule has 2 N–H and O–H groups in total. The van der Waals surface area contributed by atoms with Crippen LogP contribution in [0.5, 0.6) is 11.5 Å². The molecule has 2 aliphatic rings. The summed E-state index contributed by atoms with van der Waals surface area (Å²) in [5, 5.41) is 20.7. The highest BCUT2D eigenvalue weighted by Gasteiger charge is 2.50. The molecule has 0 aromatic heterocycles. The molecule has 140 valence electrons. The van der Waals surface area contributed by atoms with E-state index in [-0.39, 0.29) is 23.5 Å². The van der Waals surface area contributed by atoms with Crippen molar-refractivity contribution in [1.82, 2.24) is 0 Å². The molecular formula is C22H34O3. The molecule has 0 amide bonds. The number of hydrogen-bond donors (Lipinski definition) is 2. The van der Waals surface area contributed by atoms with Gasteiger partial charge in [0, 0.05) is 18.1 Å². The Bertz CT molecular complexity index is 622. The van der Waals surface area contributed by atoms with Crippen molar-refractivity contribution in [3.63, 3.8) is 0 Å². The van der Waals surface area contributed by atoms with Crippen LogP contribution in [0.2, 0.25) is 0 Å². The number of aromatic hydroxyl groups is 1. The molecular weight excluding hydrogens is 312 g/mol. The third-order valence-corrected chi connectivity index (χ3v) is 6.52. The van der Waals surface area contributed by atoms with E-state index in [0.717, 1.165) is 43.4 Å². The summed E-state index contributed by atoms with van der Waals surface area (Å²) in [6.45, 7) is 8.94. The second-order valence-corrected chi connectivity index (χ2v) is 9.11. The Hall–Kier alpha value is -1.22. The molecule has 0 radical (unpaired) electrons. The predicted octanol–water partition coefficient (Wildman–Crippen LogP) is 5.18. The van der Waals surface area contributed by atoms with Crippen LogP contribution in [0.15, 0.2) is 12.1 Å². The highest BCUT2D eigenvalue weighted by molar-refractivity contribution is 5.52. The van der Waals surface area contributed by atoms with Crippen molar-refractivity contribution in [3.8, 4) is 11.5 Å². The zero-order chi connectivity index (χ0) is 18.2. The van der Waals surface area contributed by atoms with E-state index < -0.39 is 0 Å². The van der Waals surface area contributed by atoms with E-state index in [4.69, 9.17) is 4.74 Å². The van der Waals surface area contributed by atoms with Gasteiger partial charge in [-0.1, -0.05) is 26.7 Å². The molecule has 1 saturated carbocycles. The Labute approximate surface area is 152 Å². The summed E-state index contributed by atoms with van der Waals surface area (Å²) in [5.41, 5.74) is 1.85. The Balaban J connectivity index is 1.96. The third-order valence-electron chi connectivity index (χ3n) is 6.52. The van der Waals surface area contributed by atoms with Gasteiger partial charge in [0.25, 0.3) is 0 Å². The van der Waals surface area contributed by atoms with Gasteiger partial charge in [-0.25, -0.2) is 0 Å². The van der Waals surface area contributed by atoms with Crippen molar-refractivity contribution in [3.05, 3.63) is 23.3 Å². The van der Waals surface area contributed by atoms with Gasteiger partial charge in [0.15, 0.2) is 0 Å². The van der Waals surface area contributed by atoms with Crippen molar-refractivity contribution in [2.24, 2.45) is 11.3 Å². The number of hydrogen-bond acceptors (Lipinski definition) is 3. The van der Waals surface area contributed by atoms with Gasteiger partial charge in [-0.05, 0) is 75.0 Å². The molecule has 0 saturated heterocycles. The Kier molecular flexibility index (Phi) is 5.07. The maximum atomic E-state index is 10.8. The fourth-order valence-electron chi connectivity index (χ4n) is 4.97. The summed E-state index contributed by atoms with van der Waals surface area (Å²) in [6.07, 6.45) is 7.51. The van der Waals surface area contributed by atoms with E-state index in [2.05, 4.69) is 33.8 Å². The largest absolute Gasteiger partial charge is 0.508 e. The molecule has 25 heavy (non-hydrogen) atoms. The first-order chi connectivity index (χ1) is 11.8. The van der Waals surface area contributed by atoms with Gasteiger partial charge in [-0.15, -0.1) is 0 Å². The lowest BCUT2D eigenvalue weighted by Crippen LogP contribution is -2.49. The smallest absolute Gasteiger partial charge is 0.127 e. The molecule has 3 atom stereocenters. The van der Waals surface area contributed by atoms with Crippen LogP contribution in [-0.2, 0) is 6.42 Å². The number of phenolic OH excluding ortho intramolecular Hbond substituents is 1. The van der Waals surface area contributed by atoms with Gasteiger partial charge in [0.05, 0.1) is 0 Å². The average molecular weight is 347 g/mol. The minimum atomic E-state index is -0.233. The summed E-state index contributed by atoms with van der Waals surface area (Å²) in [5.74, 6) is 1.89. The van der Waals surface area contributed by atoms with Crippen LogP contribution in [-0.4, -0.2) is 22.4 Å². The fraction of sp³-hybridized carbons (Fsp3) is 0.727. The van der Waals surface area contributed by atoms with E-state index in [1.165, 1.54) is 18.4 Å². The van der Waals surface area contributed by atoms with E-state index in [1.807, 2.05) is 6.07 Å². The summed E-state index contributed by atoms with van der Waals surface area (Å²) in [4.78, 5) is 0. The number of aryl methyl sites for hydroxylation is 1. The Morgan fingerprint density at radius 1 is 1.20 bits per heavy atom. The maximum Gasteiger partial charge on any atom is 0.127 e. The quantitative estimate of drug-likeness (QED) is 0.722. The second-order valence-electron chi connectivity index (χ2n) is 9.11. The molecule has 1 fully saturated rings. The van der Waals surface area contributed by atoms with E-state index in [1.54, 1.807) is 0 Å². The molecule has 1 aliphatic heterocycles. The molecule has 0 bridgehead atoms. The average Bonchev–Trinajstić information content (AvgIpc) is 2.53. The number of aliphatic hydroxyl groups excluding tert-OH is 1. The highest BCUT2D eigenvalue weighted by atomic mass is 16.5. The van der Waals surface area contributed by atoms with Crippen LogP contribution in [0.4, 0.5) is 0 Å². The topological polar surface area (TPSA) is 49.7 Å². The normalized spacial score (nSPS) is 30.3. The van der Waals surface area contributed by atoms with Gasteiger partial charge in [0.2, 0.25) is 0 Å². The molecule has 3 heteroatoms. The number of aliphatic hydroxyl groups is 1. The van der Waals surface area contributed by atoms with Crippen molar-refractivity contribution in [2.75, 3.05) is 6.61 Å². The minimum Gasteiger partial charge on any atom is -0.508 e. The first-order valence-electron chi connectivity index (χ1n) is 9.95. The lowest BCUT2D eigenvalue weighted by Gasteiger charge is -2.51. The number of unbranched alkanes of at least 4 members (excludes halogenated alkanes) is 2. The third kappa shape index (κ3) is 3.53. The monoisotopic (exact) mass is 346 g/mol. The molecule has 1 heterocycles. The van der Waals surface area contributed by atoms with E-state index in [9.17, 15) is 10.2 Å². The van der Waals surface area contributed by atoms with Crippen molar-refractivity contribution >= 4 is 0 Å². The predicted molar refractivity (Wildman–Crippen MR) is 101 cm³/mol. The van der Waals surface area contributed by atoms with Crippen LogP contribution >= 0.6 is 0 Å². The number of rotatable bonds is 5. The summed E-state index contributed by atoms with van der Waals surface area (Å²) in [7, 11) is 0. The van der Waals surface area contributed by atoms with Gasteiger partial charge in [-0.3, -0.25) is 0 Å². The maximum absolute atomic E-state index is 10.8. The SMILES string of the molecule is CCCCCc1cc(O)c2c(c1)OC(C)(C)[C@@H]1CC[C@@](C)(CO)C[C@@H]21. The summed E-state index contributed by atoms with van der Waals surface area (Å²) in [6, 6.07) is 4.09. The van der Waals surface area contributed by atoms with Gasteiger partial charge in [0.1, 0.15) is 17.1 Å². The number of ether oxygens (including phenoxy) is 1. The highest BCUT2D eigenvalue weighted by Crippen LogP contribution is 2.58. The lowest BCUT2D eigenvalue weighted by atomic mass is 9.59. The Morgan fingerprint density at radius 2 is 1.96 bits per heavy atom. The fourth-order valence-corrected chi connectivity index (χ4v) is 4.97. The van der Waals surface area contributed by atoms with Crippen LogP contribution in [0, 0.1) is 11.3 Å². The number of benzene rings is 1. The zero-order valence-electron chi connectivity index (χ0n) is 16.3. The molecule has 1 aromatic rings. The number of fused-ring (bicyclic) bond motifs is 3. The zero-order valence-corrected chi connectivity index (χ0v) is 16.3. The first kappa shape index (κ1) is 18.6. The Morgan fingerprint density at radius 3 is 2.64 bits per heavy atom. The van der Waals surface area contributed by atoms with Crippen molar-refractivity contribution in [1.29, 1.82) is 0 Å². The molecule has 1 aliphatic carbocycles. The van der Waals surface area contributed by atoms with Gasteiger partial charge < -0.3 is 14.9 Å². The molecule has 1 aromatic carbocycles. The van der Waals surface area contributed by atoms with Gasteiger partial charge in [-0.2, -0.15) is 0 Å². The standard InChI is InChI=1S/C22H34O3/c1-5-6-7-8-15-11-18(24)20-16-13-22(4,14-23)10-9-17(16)21(2,3)25-19(20)12-15/h11-12,16-17,23-24H,5-10,13-14H2,1-4H3/t16-,17-,22-/m1/s1. The lowest BCUT2D eigenvalue weighted by molar-refractivity contribution is -0.0414. The molecule has 3 nitrogen and oxygen atoms in total. The first-order valence-corrected chi connectivity index (χ1v) is 9.95. The molecule has 0 spiro atoms. The second kappa shape index (κ2) is 6.83. The molecule has 0 unspecified atom stereocenters. The van der Waals surface area contributed by atoms with Crippen LogP contribution in [0.1, 0.15) is 83.3 Å². The van der Waals surface area contributed by atoms with Gasteiger partial charge >= 0.3 is 0 Å². The summed E-state index contributed by atoms with van der Waals surface area (Å²) >= 11 is 0. The van der Waals surface area contributed by atoms with E-state index in [0.29, 0.717) is 11.7 Å². The minimum absolute atomic E-state index is 0.0574. The molecule has 3 rings (SSSR count). The number of phenols is 1. The van der Waals surface area contributed by atoms with Crippen molar-refractivity contribution < 1.29 is 14.9 Å². The van der Waals surface area contributed by atoms with Crippen LogP contribution in [0.3, 0.4) is 0 Å². The van der Waals surface area contributed by atoms with Crippen molar-refractivity contribution in [2.45, 2.75) is 84.2 Å². The van der Waals surface area contributed by atoms with Crippen LogP contribution in [0.25, 0.3) is 0 Å². The van der Waals surface area contributed by atoms with E-state index >= 15 is 0 Å². The summed E-state index contributed by atoms with van der Waals surface area (Å²) < 4.78 is 6.40. The van der Waals surface area contributed by atoms with Crippen LogP contribution < -0.4 is 4.74 Å².